The van der Waals surface area contributed by atoms with Crippen LogP contribution >= 0.6 is 11.6 Å². The maximum Gasteiger partial charge on any atom is 0.311 e. The van der Waals surface area contributed by atoms with Gasteiger partial charge in [-0.05, 0) is 6.07 Å². The van der Waals surface area contributed by atoms with Crippen molar-refractivity contribution in [1.82, 2.24) is 9.97 Å². The molecular weight excluding hydrogens is 260 g/mol. The topological polar surface area (TPSA) is 104 Å². The molecule has 0 radical (unpaired) electrons. The Morgan fingerprint density at radius 1 is 1.33 bits per heavy atom. The Kier molecular flexibility index (Phi) is 3.24. The number of hydrogen-bond acceptors (Lipinski definition) is 6. The van der Waals surface area contributed by atoms with Crippen LogP contribution in [0.25, 0.3) is 0 Å². The first-order valence-corrected chi connectivity index (χ1v) is 5.14. The number of benzene rings is 1. The number of nitro benzene ring substituents is 1. The number of aromatic nitrogens is 2. The highest BCUT2D eigenvalue weighted by Crippen LogP contribution is 2.33. The minimum absolute atomic E-state index is 0.0238. The summed E-state index contributed by atoms with van der Waals surface area (Å²) in [4.78, 5) is 17.7. The molecule has 0 aliphatic rings. The number of ether oxygens (including phenoxy) is 1. The highest BCUT2D eigenvalue weighted by Gasteiger charge is 2.17. The first-order chi connectivity index (χ1) is 8.59. The summed E-state index contributed by atoms with van der Waals surface area (Å²) in [5, 5.41) is 10.8. The molecule has 2 N–H and O–H groups in total. The van der Waals surface area contributed by atoms with Gasteiger partial charge in [0.2, 0.25) is 11.6 Å². The van der Waals surface area contributed by atoms with Crippen molar-refractivity contribution in [2.75, 3.05) is 5.73 Å². The van der Waals surface area contributed by atoms with E-state index < -0.39 is 4.92 Å². The first kappa shape index (κ1) is 12.1. The van der Waals surface area contributed by atoms with Gasteiger partial charge in [0, 0.05) is 6.07 Å². The van der Waals surface area contributed by atoms with Gasteiger partial charge in [0.15, 0.2) is 5.15 Å². The predicted octanol–water partition coefficient (Wildman–Crippen LogP) is 2.41. The van der Waals surface area contributed by atoms with Gasteiger partial charge in [-0.2, -0.15) is 4.98 Å². The molecule has 0 unspecified atom stereocenters. The fourth-order valence-electron chi connectivity index (χ4n) is 1.24. The molecule has 1 aromatic carbocycles. The fourth-order valence-corrected chi connectivity index (χ4v) is 1.36. The number of nitro groups is 1. The second kappa shape index (κ2) is 4.84. The van der Waals surface area contributed by atoms with Crippen LogP contribution in [0.2, 0.25) is 5.15 Å². The molecule has 18 heavy (non-hydrogen) atoms. The normalized spacial score (nSPS) is 10.1. The zero-order valence-electron chi connectivity index (χ0n) is 8.91. The maximum atomic E-state index is 10.8. The molecule has 2 rings (SSSR count). The minimum atomic E-state index is -0.561. The fraction of sp³-hybridized carbons (Fsp3) is 0. The summed E-state index contributed by atoms with van der Waals surface area (Å²) in [5.41, 5.74) is 5.44. The molecule has 0 aliphatic heterocycles. The van der Waals surface area contributed by atoms with E-state index in [0.29, 0.717) is 0 Å². The number of nitrogens with zero attached hydrogens (tertiary/aromatic N) is 3. The number of anilines is 1. The van der Waals surface area contributed by atoms with Gasteiger partial charge in [-0.15, -0.1) is 0 Å². The van der Waals surface area contributed by atoms with Crippen LogP contribution in [-0.2, 0) is 0 Å². The van der Waals surface area contributed by atoms with E-state index >= 15 is 0 Å². The molecule has 0 fully saturated rings. The predicted molar refractivity (Wildman–Crippen MR) is 64.6 cm³/mol. The van der Waals surface area contributed by atoms with Gasteiger partial charge in [-0.3, -0.25) is 10.1 Å². The van der Waals surface area contributed by atoms with E-state index in [2.05, 4.69) is 9.97 Å². The van der Waals surface area contributed by atoms with Crippen molar-refractivity contribution in [2.45, 2.75) is 0 Å². The van der Waals surface area contributed by atoms with E-state index in [-0.39, 0.29) is 28.2 Å². The molecule has 8 heteroatoms. The molecule has 0 atom stereocenters. The van der Waals surface area contributed by atoms with Crippen LogP contribution in [-0.4, -0.2) is 14.9 Å². The summed E-state index contributed by atoms with van der Waals surface area (Å²) in [6.07, 6.45) is 1.16. The van der Waals surface area contributed by atoms with Crippen LogP contribution in [0, 0.1) is 10.1 Å². The molecule has 0 spiro atoms. The van der Waals surface area contributed by atoms with E-state index in [9.17, 15) is 10.1 Å². The largest absolute Gasteiger partial charge is 0.430 e. The van der Waals surface area contributed by atoms with Crippen molar-refractivity contribution in [3.63, 3.8) is 0 Å². The molecule has 0 bridgehead atoms. The summed E-state index contributed by atoms with van der Waals surface area (Å²) in [6, 6.07) is 5.88. The van der Waals surface area contributed by atoms with Gasteiger partial charge in [0.25, 0.3) is 0 Å². The molecular formula is C10H7ClN4O3. The quantitative estimate of drug-likeness (QED) is 0.520. The number of nitrogen functional groups attached to an aromatic ring is 1. The third-order valence-electron chi connectivity index (χ3n) is 2.07. The van der Waals surface area contributed by atoms with E-state index in [0.717, 1.165) is 6.33 Å². The van der Waals surface area contributed by atoms with Crippen molar-refractivity contribution in [3.8, 4) is 11.6 Å². The van der Waals surface area contributed by atoms with E-state index in [4.69, 9.17) is 22.1 Å². The van der Waals surface area contributed by atoms with Gasteiger partial charge >= 0.3 is 5.69 Å². The molecule has 1 heterocycles. The lowest BCUT2D eigenvalue weighted by atomic mass is 10.3. The zero-order chi connectivity index (χ0) is 13.1. The monoisotopic (exact) mass is 266 g/mol. The highest BCUT2D eigenvalue weighted by molar-refractivity contribution is 6.32. The molecule has 1 aromatic heterocycles. The number of para-hydroxylation sites is 2. The third-order valence-corrected chi connectivity index (χ3v) is 2.37. The Labute approximate surface area is 106 Å². The maximum absolute atomic E-state index is 10.8. The van der Waals surface area contributed by atoms with E-state index in [1.165, 1.54) is 18.2 Å². The van der Waals surface area contributed by atoms with Gasteiger partial charge < -0.3 is 10.5 Å². The number of halogens is 1. The summed E-state index contributed by atoms with van der Waals surface area (Å²) in [7, 11) is 0. The SMILES string of the molecule is Nc1c(Cl)ncnc1Oc1ccccc1[N+](=O)[O-]. The van der Waals surface area contributed by atoms with Crippen molar-refractivity contribution in [3.05, 3.63) is 45.9 Å². The molecule has 0 amide bonds. The average Bonchev–Trinajstić information content (AvgIpc) is 2.35. The summed E-state index contributed by atoms with van der Waals surface area (Å²) >= 11 is 5.69. The summed E-state index contributed by atoms with van der Waals surface area (Å²) in [6.45, 7) is 0. The second-order valence-corrected chi connectivity index (χ2v) is 3.57. The third kappa shape index (κ3) is 2.30. The van der Waals surface area contributed by atoms with Gasteiger partial charge in [0.1, 0.15) is 12.0 Å². The Bertz CT molecular complexity index is 605. The van der Waals surface area contributed by atoms with Gasteiger partial charge in [-0.25, -0.2) is 4.98 Å². The molecule has 0 aliphatic carbocycles. The molecule has 2 aromatic rings. The van der Waals surface area contributed by atoms with Crippen molar-refractivity contribution >= 4 is 23.0 Å². The number of hydrogen-bond donors (Lipinski definition) is 1. The first-order valence-electron chi connectivity index (χ1n) is 4.77. The van der Waals surface area contributed by atoms with E-state index in [1.54, 1.807) is 6.07 Å². The number of nitrogens with two attached hydrogens (primary N) is 1. The highest BCUT2D eigenvalue weighted by atomic mass is 35.5. The minimum Gasteiger partial charge on any atom is -0.430 e. The Hall–Kier alpha value is -2.41. The van der Waals surface area contributed by atoms with Crippen LogP contribution in [0.5, 0.6) is 11.6 Å². The van der Waals surface area contributed by atoms with Crippen LogP contribution in [0.3, 0.4) is 0 Å². The molecule has 7 nitrogen and oxygen atoms in total. The summed E-state index contributed by atoms with van der Waals surface area (Å²) < 4.78 is 5.28. The van der Waals surface area contributed by atoms with Crippen molar-refractivity contribution in [2.24, 2.45) is 0 Å². The average molecular weight is 267 g/mol. The summed E-state index contributed by atoms with van der Waals surface area (Å²) in [5.74, 6) is 0.00765. The van der Waals surface area contributed by atoms with E-state index in [1.807, 2.05) is 0 Å². The van der Waals surface area contributed by atoms with Crippen LogP contribution in [0.15, 0.2) is 30.6 Å². The van der Waals surface area contributed by atoms with Crippen LogP contribution in [0.4, 0.5) is 11.4 Å². The smallest absolute Gasteiger partial charge is 0.311 e. The van der Waals surface area contributed by atoms with Crippen molar-refractivity contribution in [1.29, 1.82) is 0 Å². The standard InChI is InChI=1S/C10H7ClN4O3/c11-9-8(12)10(14-5-13-9)18-7-4-2-1-3-6(7)15(16)17/h1-5H,12H2. The lowest BCUT2D eigenvalue weighted by molar-refractivity contribution is -0.385. The molecule has 0 saturated heterocycles. The zero-order valence-corrected chi connectivity index (χ0v) is 9.66. The lowest BCUT2D eigenvalue weighted by Crippen LogP contribution is -1.99. The van der Waals surface area contributed by atoms with Gasteiger partial charge in [0.05, 0.1) is 4.92 Å². The second-order valence-electron chi connectivity index (χ2n) is 3.21. The Morgan fingerprint density at radius 2 is 2.06 bits per heavy atom. The Morgan fingerprint density at radius 3 is 2.78 bits per heavy atom. The molecule has 92 valence electrons. The Balaban J connectivity index is 2.40. The lowest BCUT2D eigenvalue weighted by Gasteiger charge is -2.07. The number of rotatable bonds is 3. The van der Waals surface area contributed by atoms with Crippen LogP contribution in [0.1, 0.15) is 0 Å². The molecule has 0 saturated carbocycles. The van der Waals surface area contributed by atoms with Crippen LogP contribution < -0.4 is 10.5 Å². The van der Waals surface area contributed by atoms with Gasteiger partial charge in [-0.1, -0.05) is 23.7 Å². The van der Waals surface area contributed by atoms with Crippen molar-refractivity contribution < 1.29 is 9.66 Å².